The van der Waals surface area contributed by atoms with Crippen LogP contribution in [0.3, 0.4) is 0 Å². The van der Waals surface area contributed by atoms with Gasteiger partial charge in [0.05, 0.1) is 0 Å². The first-order chi connectivity index (χ1) is 7.00. The van der Waals surface area contributed by atoms with Crippen molar-refractivity contribution in [2.24, 2.45) is 23.5 Å². The molecule has 3 N–H and O–H groups in total. The predicted octanol–water partition coefficient (Wildman–Crippen LogP) is 1.52. The van der Waals surface area contributed by atoms with Gasteiger partial charge < -0.3 is 11.1 Å². The maximum Gasteiger partial charge on any atom is 0.223 e. The third-order valence-corrected chi connectivity index (χ3v) is 3.56. The summed E-state index contributed by atoms with van der Waals surface area (Å²) in [5.41, 5.74) is 5.83. The van der Waals surface area contributed by atoms with E-state index in [1.807, 2.05) is 6.92 Å². The molecule has 0 radical (unpaired) electrons. The lowest BCUT2D eigenvalue weighted by Gasteiger charge is -2.17. The highest BCUT2D eigenvalue weighted by Crippen LogP contribution is 2.23. The quantitative estimate of drug-likeness (QED) is 0.742. The summed E-state index contributed by atoms with van der Waals surface area (Å²) >= 11 is 0. The smallest absolute Gasteiger partial charge is 0.223 e. The van der Waals surface area contributed by atoms with Gasteiger partial charge in [0.15, 0.2) is 0 Å². The number of nitrogens with one attached hydrogen (secondary N) is 1. The maximum atomic E-state index is 11.7. The fourth-order valence-corrected chi connectivity index (χ4v) is 2.01. The molecule has 1 fully saturated rings. The highest BCUT2D eigenvalue weighted by molar-refractivity contribution is 5.78. The zero-order chi connectivity index (χ0) is 11.4. The van der Waals surface area contributed by atoms with E-state index in [-0.39, 0.29) is 11.8 Å². The summed E-state index contributed by atoms with van der Waals surface area (Å²) < 4.78 is 0. The van der Waals surface area contributed by atoms with Crippen LogP contribution >= 0.6 is 0 Å². The second-order valence-corrected chi connectivity index (χ2v) is 5.22. The lowest BCUT2D eigenvalue weighted by atomic mass is 9.97. The van der Waals surface area contributed by atoms with Crippen molar-refractivity contribution in [3.8, 4) is 0 Å². The normalized spacial score (nSPS) is 28.1. The summed E-state index contributed by atoms with van der Waals surface area (Å²) in [6.45, 7) is 6.95. The minimum absolute atomic E-state index is 0.111. The van der Waals surface area contributed by atoms with E-state index in [1.54, 1.807) is 0 Å². The molecule has 3 atom stereocenters. The first kappa shape index (κ1) is 12.5. The third kappa shape index (κ3) is 3.82. The minimum Gasteiger partial charge on any atom is -0.356 e. The molecule has 3 heteroatoms. The van der Waals surface area contributed by atoms with Gasteiger partial charge >= 0.3 is 0 Å². The van der Waals surface area contributed by atoms with Gasteiger partial charge in [0.25, 0.3) is 0 Å². The Balaban J connectivity index is 2.22. The maximum absolute atomic E-state index is 11.7. The van der Waals surface area contributed by atoms with E-state index in [2.05, 4.69) is 19.2 Å². The van der Waals surface area contributed by atoms with Crippen LogP contribution < -0.4 is 11.1 Å². The van der Waals surface area contributed by atoms with Crippen molar-refractivity contribution in [1.82, 2.24) is 5.32 Å². The number of hydrogen-bond acceptors (Lipinski definition) is 2. The van der Waals surface area contributed by atoms with Crippen LogP contribution in [-0.4, -0.2) is 18.5 Å². The molecule has 0 aliphatic heterocycles. The predicted molar refractivity (Wildman–Crippen MR) is 62.3 cm³/mol. The van der Waals surface area contributed by atoms with Gasteiger partial charge in [-0.3, -0.25) is 4.79 Å². The third-order valence-electron chi connectivity index (χ3n) is 3.56. The number of rotatable bonds is 4. The van der Waals surface area contributed by atoms with Gasteiger partial charge in [-0.2, -0.15) is 0 Å². The average Bonchev–Trinajstić information content (AvgIpc) is 2.59. The van der Waals surface area contributed by atoms with Crippen LogP contribution in [0.1, 0.15) is 40.0 Å². The molecular formula is C12H24N2O. The largest absolute Gasteiger partial charge is 0.356 e. The standard InChI is InChI=1S/C12H24N2O/c1-8(2)9(3)12(15)14-7-10-4-5-11(13)6-10/h8-11H,4-7,13H2,1-3H3,(H,14,15). The first-order valence-corrected chi connectivity index (χ1v) is 6.04. The van der Waals surface area contributed by atoms with E-state index in [4.69, 9.17) is 5.73 Å². The molecule has 0 aromatic heterocycles. The number of nitrogens with two attached hydrogens (primary N) is 1. The topological polar surface area (TPSA) is 55.1 Å². The van der Waals surface area contributed by atoms with Gasteiger partial charge in [-0.1, -0.05) is 20.8 Å². The van der Waals surface area contributed by atoms with Crippen molar-refractivity contribution in [1.29, 1.82) is 0 Å². The van der Waals surface area contributed by atoms with Crippen LogP contribution in [0.4, 0.5) is 0 Å². The minimum atomic E-state index is 0.111. The van der Waals surface area contributed by atoms with Crippen molar-refractivity contribution in [3.05, 3.63) is 0 Å². The van der Waals surface area contributed by atoms with Crippen molar-refractivity contribution in [3.63, 3.8) is 0 Å². The van der Waals surface area contributed by atoms with Gasteiger partial charge in [-0.05, 0) is 31.1 Å². The average molecular weight is 212 g/mol. The van der Waals surface area contributed by atoms with Crippen LogP contribution in [0.15, 0.2) is 0 Å². The molecule has 0 spiro atoms. The molecule has 1 aliphatic rings. The van der Waals surface area contributed by atoms with E-state index in [0.29, 0.717) is 17.9 Å². The molecule has 0 saturated heterocycles. The van der Waals surface area contributed by atoms with Crippen molar-refractivity contribution in [2.45, 2.75) is 46.1 Å². The molecule has 1 amide bonds. The summed E-state index contributed by atoms with van der Waals surface area (Å²) in [5, 5.41) is 3.03. The van der Waals surface area contributed by atoms with Gasteiger partial charge in [0.2, 0.25) is 5.91 Å². The Bertz CT molecular complexity index is 216. The van der Waals surface area contributed by atoms with Crippen LogP contribution in [0.5, 0.6) is 0 Å². The Morgan fingerprint density at radius 3 is 2.53 bits per heavy atom. The van der Waals surface area contributed by atoms with Gasteiger partial charge in [-0.25, -0.2) is 0 Å². The van der Waals surface area contributed by atoms with E-state index in [0.717, 1.165) is 25.8 Å². The van der Waals surface area contributed by atoms with Crippen LogP contribution in [-0.2, 0) is 4.79 Å². The molecule has 1 rings (SSSR count). The fraction of sp³-hybridized carbons (Fsp3) is 0.917. The Kier molecular flexibility index (Phi) is 4.58. The second kappa shape index (κ2) is 5.50. The Morgan fingerprint density at radius 1 is 1.40 bits per heavy atom. The van der Waals surface area contributed by atoms with Crippen molar-refractivity contribution in [2.75, 3.05) is 6.54 Å². The molecule has 0 heterocycles. The SMILES string of the molecule is CC(C)C(C)C(=O)NCC1CCC(N)C1. The summed E-state index contributed by atoms with van der Waals surface area (Å²) in [7, 11) is 0. The fourth-order valence-electron chi connectivity index (χ4n) is 2.01. The highest BCUT2D eigenvalue weighted by Gasteiger charge is 2.23. The van der Waals surface area contributed by atoms with Gasteiger partial charge in [-0.15, -0.1) is 0 Å². The molecule has 3 unspecified atom stereocenters. The zero-order valence-corrected chi connectivity index (χ0v) is 10.1. The summed E-state index contributed by atoms with van der Waals surface area (Å²) in [4.78, 5) is 11.7. The van der Waals surface area contributed by atoms with Crippen molar-refractivity contribution >= 4 is 5.91 Å². The lowest BCUT2D eigenvalue weighted by molar-refractivity contribution is -0.125. The molecule has 1 saturated carbocycles. The number of carbonyl (C=O) groups excluding carboxylic acids is 1. The second-order valence-electron chi connectivity index (χ2n) is 5.22. The Hall–Kier alpha value is -0.570. The first-order valence-electron chi connectivity index (χ1n) is 6.04. The van der Waals surface area contributed by atoms with E-state index in [1.165, 1.54) is 0 Å². The molecule has 88 valence electrons. The zero-order valence-electron chi connectivity index (χ0n) is 10.1. The molecule has 0 bridgehead atoms. The summed E-state index contributed by atoms with van der Waals surface area (Å²) in [6, 6.07) is 0.356. The van der Waals surface area contributed by atoms with Crippen molar-refractivity contribution < 1.29 is 4.79 Å². The molecule has 0 aromatic rings. The lowest BCUT2D eigenvalue weighted by Crippen LogP contribution is -2.35. The summed E-state index contributed by atoms with van der Waals surface area (Å²) in [6.07, 6.45) is 3.34. The van der Waals surface area contributed by atoms with Crippen LogP contribution in [0.25, 0.3) is 0 Å². The monoisotopic (exact) mass is 212 g/mol. The van der Waals surface area contributed by atoms with E-state index >= 15 is 0 Å². The molecule has 15 heavy (non-hydrogen) atoms. The van der Waals surface area contributed by atoms with E-state index in [9.17, 15) is 4.79 Å². The number of amides is 1. The van der Waals surface area contributed by atoms with Gasteiger partial charge in [0.1, 0.15) is 0 Å². The Labute approximate surface area is 92.8 Å². The molecule has 1 aliphatic carbocycles. The molecule has 0 aromatic carbocycles. The van der Waals surface area contributed by atoms with Crippen LogP contribution in [0, 0.1) is 17.8 Å². The highest BCUT2D eigenvalue weighted by atomic mass is 16.1. The molecule has 3 nitrogen and oxygen atoms in total. The van der Waals surface area contributed by atoms with E-state index < -0.39 is 0 Å². The van der Waals surface area contributed by atoms with Crippen LogP contribution in [0.2, 0.25) is 0 Å². The number of hydrogen-bond donors (Lipinski definition) is 2. The molecular weight excluding hydrogens is 188 g/mol. The summed E-state index contributed by atoms with van der Waals surface area (Å²) in [5.74, 6) is 1.31. The Morgan fingerprint density at radius 2 is 2.07 bits per heavy atom. The number of carbonyl (C=O) groups is 1. The van der Waals surface area contributed by atoms with Gasteiger partial charge in [0, 0.05) is 18.5 Å².